The van der Waals surface area contributed by atoms with Crippen molar-refractivity contribution in [1.82, 2.24) is 4.72 Å². The quantitative estimate of drug-likeness (QED) is 0.839. The molecule has 1 aromatic rings. The van der Waals surface area contributed by atoms with Crippen molar-refractivity contribution >= 4 is 39.1 Å². The highest BCUT2D eigenvalue weighted by atomic mass is 35.5. The zero-order valence-electron chi connectivity index (χ0n) is 9.73. The van der Waals surface area contributed by atoms with Crippen LogP contribution in [0.3, 0.4) is 0 Å². The second kappa shape index (κ2) is 5.69. The SMILES string of the molecule is Nc1cc(S(=O)(=O)NC2CCCSC2)ccc1Cl. The highest BCUT2D eigenvalue weighted by Crippen LogP contribution is 2.23. The third kappa shape index (κ3) is 3.32. The first-order valence-electron chi connectivity index (χ1n) is 5.64. The zero-order chi connectivity index (χ0) is 13.2. The summed E-state index contributed by atoms with van der Waals surface area (Å²) in [6.07, 6.45) is 1.93. The summed E-state index contributed by atoms with van der Waals surface area (Å²) in [6.45, 7) is 0. The average Bonchev–Trinajstić information content (AvgIpc) is 2.33. The minimum atomic E-state index is -3.50. The first kappa shape index (κ1) is 14.0. The van der Waals surface area contributed by atoms with Crippen LogP contribution in [0.5, 0.6) is 0 Å². The zero-order valence-corrected chi connectivity index (χ0v) is 12.1. The fourth-order valence-electron chi connectivity index (χ4n) is 1.81. The number of sulfonamides is 1. The van der Waals surface area contributed by atoms with Crippen molar-refractivity contribution in [3.8, 4) is 0 Å². The molecule has 0 saturated carbocycles. The number of benzene rings is 1. The molecule has 4 nitrogen and oxygen atoms in total. The van der Waals surface area contributed by atoms with Crippen LogP contribution in [0.25, 0.3) is 0 Å². The smallest absolute Gasteiger partial charge is 0.240 e. The van der Waals surface area contributed by atoms with Crippen LogP contribution in [0, 0.1) is 0 Å². The van der Waals surface area contributed by atoms with Crippen molar-refractivity contribution in [2.24, 2.45) is 0 Å². The summed E-state index contributed by atoms with van der Waals surface area (Å²) in [6, 6.07) is 4.37. The maximum Gasteiger partial charge on any atom is 0.240 e. The third-order valence-corrected chi connectivity index (χ3v) is 5.84. The molecule has 7 heteroatoms. The van der Waals surface area contributed by atoms with Gasteiger partial charge >= 0.3 is 0 Å². The summed E-state index contributed by atoms with van der Waals surface area (Å²) in [5, 5.41) is 0.363. The average molecular weight is 307 g/mol. The molecular formula is C11H15ClN2O2S2. The normalized spacial score (nSPS) is 20.8. The van der Waals surface area contributed by atoms with E-state index < -0.39 is 10.0 Å². The Kier molecular flexibility index (Phi) is 4.42. The molecule has 2 rings (SSSR count). The number of rotatable bonds is 3. The predicted octanol–water partition coefficient (Wildman–Crippen LogP) is 2.10. The molecule has 100 valence electrons. The Bertz CT molecular complexity index is 528. The molecule has 0 amide bonds. The third-order valence-electron chi connectivity index (χ3n) is 2.76. The summed E-state index contributed by atoms with van der Waals surface area (Å²) in [7, 11) is -3.50. The van der Waals surface area contributed by atoms with Gasteiger partial charge in [-0.1, -0.05) is 11.6 Å². The Balaban J connectivity index is 2.16. The molecule has 1 aliphatic heterocycles. The Morgan fingerprint density at radius 3 is 2.83 bits per heavy atom. The fourth-order valence-corrected chi connectivity index (χ4v) is 4.41. The second-order valence-electron chi connectivity index (χ2n) is 4.22. The number of hydrogen-bond acceptors (Lipinski definition) is 4. The van der Waals surface area contributed by atoms with Gasteiger partial charge in [0.1, 0.15) is 0 Å². The van der Waals surface area contributed by atoms with Gasteiger partial charge in [0.15, 0.2) is 0 Å². The van der Waals surface area contributed by atoms with Crippen LogP contribution in [0.15, 0.2) is 23.1 Å². The highest BCUT2D eigenvalue weighted by molar-refractivity contribution is 7.99. The molecule has 1 aromatic carbocycles. The number of nitrogens with one attached hydrogen (secondary N) is 1. The molecule has 1 saturated heterocycles. The molecule has 1 atom stereocenters. The van der Waals surface area contributed by atoms with E-state index in [1.165, 1.54) is 18.2 Å². The van der Waals surface area contributed by atoms with Gasteiger partial charge in [-0.25, -0.2) is 13.1 Å². The standard InChI is InChI=1S/C11H15ClN2O2S2/c12-10-4-3-9(6-11(10)13)18(15,16)14-8-2-1-5-17-7-8/h3-4,6,8,14H,1-2,5,7,13H2. The van der Waals surface area contributed by atoms with Crippen LogP contribution in [0.1, 0.15) is 12.8 Å². The lowest BCUT2D eigenvalue weighted by Crippen LogP contribution is -2.38. The Labute approximate surface area is 116 Å². The number of thioether (sulfide) groups is 1. The van der Waals surface area contributed by atoms with E-state index in [9.17, 15) is 8.42 Å². The molecule has 18 heavy (non-hydrogen) atoms. The van der Waals surface area contributed by atoms with E-state index in [1.54, 1.807) is 11.8 Å². The predicted molar refractivity (Wildman–Crippen MR) is 76.5 cm³/mol. The first-order chi connectivity index (χ1) is 8.49. The molecule has 1 fully saturated rings. The molecule has 0 radical (unpaired) electrons. The van der Waals surface area contributed by atoms with E-state index in [1.807, 2.05) is 0 Å². The summed E-state index contributed by atoms with van der Waals surface area (Å²) < 4.78 is 27.0. The molecule has 0 aliphatic carbocycles. The Morgan fingerprint density at radius 2 is 2.22 bits per heavy atom. The first-order valence-corrected chi connectivity index (χ1v) is 8.66. The molecule has 1 heterocycles. The molecular weight excluding hydrogens is 292 g/mol. The number of hydrogen-bond donors (Lipinski definition) is 2. The minimum Gasteiger partial charge on any atom is -0.397 e. The van der Waals surface area contributed by atoms with Gasteiger partial charge in [0, 0.05) is 11.8 Å². The van der Waals surface area contributed by atoms with Gasteiger partial charge in [-0.2, -0.15) is 11.8 Å². The van der Waals surface area contributed by atoms with Crippen LogP contribution in [-0.2, 0) is 10.0 Å². The van der Waals surface area contributed by atoms with E-state index in [-0.39, 0.29) is 16.6 Å². The van der Waals surface area contributed by atoms with E-state index in [4.69, 9.17) is 17.3 Å². The summed E-state index contributed by atoms with van der Waals surface area (Å²) in [4.78, 5) is 0.167. The molecule has 0 spiro atoms. The highest BCUT2D eigenvalue weighted by Gasteiger charge is 2.22. The molecule has 0 aromatic heterocycles. The van der Waals surface area contributed by atoms with Gasteiger partial charge in [0.25, 0.3) is 0 Å². The molecule has 1 unspecified atom stereocenters. The largest absolute Gasteiger partial charge is 0.397 e. The van der Waals surface area contributed by atoms with Gasteiger partial charge in [-0.3, -0.25) is 0 Å². The number of nitrogen functional groups attached to an aromatic ring is 1. The number of anilines is 1. The second-order valence-corrected chi connectivity index (χ2v) is 7.49. The van der Waals surface area contributed by atoms with Gasteiger partial charge in [-0.05, 0) is 36.8 Å². The summed E-state index contributed by atoms with van der Waals surface area (Å²) >= 11 is 7.55. The van der Waals surface area contributed by atoms with Gasteiger partial charge in [-0.15, -0.1) is 0 Å². The summed E-state index contributed by atoms with van der Waals surface area (Å²) in [5.41, 5.74) is 5.90. The number of nitrogens with two attached hydrogens (primary N) is 1. The molecule has 0 bridgehead atoms. The van der Waals surface area contributed by atoms with Crippen molar-refractivity contribution in [3.63, 3.8) is 0 Å². The van der Waals surface area contributed by atoms with Crippen molar-refractivity contribution in [2.75, 3.05) is 17.2 Å². The monoisotopic (exact) mass is 306 g/mol. The van der Waals surface area contributed by atoms with Crippen LogP contribution in [0.2, 0.25) is 5.02 Å². The van der Waals surface area contributed by atoms with Crippen LogP contribution >= 0.6 is 23.4 Å². The Morgan fingerprint density at radius 1 is 1.44 bits per heavy atom. The van der Waals surface area contributed by atoms with Gasteiger partial charge < -0.3 is 5.73 Å². The van der Waals surface area contributed by atoms with Crippen LogP contribution in [-0.4, -0.2) is 26.0 Å². The van der Waals surface area contributed by atoms with E-state index in [0.29, 0.717) is 5.02 Å². The topological polar surface area (TPSA) is 72.2 Å². The van der Waals surface area contributed by atoms with E-state index in [0.717, 1.165) is 24.3 Å². The van der Waals surface area contributed by atoms with Crippen LogP contribution < -0.4 is 10.5 Å². The van der Waals surface area contributed by atoms with E-state index >= 15 is 0 Å². The van der Waals surface area contributed by atoms with Crippen molar-refractivity contribution < 1.29 is 8.42 Å². The Hall–Kier alpha value is -0.430. The van der Waals surface area contributed by atoms with Crippen molar-refractivity contribution in [2.45, 2.75) is 23.8 Å². The maximum absolute atomic E-state index is 12.1. The van der Waals surface area contributed by atoms with Crippen molar-refractivity contribution in [3.05, 3.63) is 23.2 Å². The molecule has 3 N–H and O–H groups in total. The summed E-state index contributed by atoms with van der Waals surface area (Å²) in [5.74, 6) is 1.93. The maximum atomic E-state index is 12.1. The fraction of sp³-hybridized carbons (Fsp3) is 0.455. The van der Waals surface area contributed by atoms with Crippen LogP contribution in [0.4, 0.5) is 5.69 Å². The lowest BCUT2D eigenvalue weighted by Gasteiger charge is -2.22. The lowest BCUT2D eigenvalue weighted by molar-refractivity contribution is 0.543. The van der Waals surface area contributed by atoms with Gasteiger partial charge in [0.2, 0.25) is 10.0 Å². The van der Waals surface area contributed by atoms with Crippen molar-refractivity contribution in [1.29, 1.82) is 0 Å². The minimum absolute atomic E-state index is 0.00523. The number of halogens is 1. The van der Waals surface area contributed by atoms with E-state index in [2.05, 4.69) is 4.72 Å². The molecule has 1 aliphatic rings. The lowest BCUT2D eigenvalue weighted by atomic mass is 10.2. The van der Waals surface area contributed by atoms with Gasteiger partial charge in [0.05, 0.1) is 15.6 Å².